The van der Waals surface area contributed by atoms with Crippen LogP contribution in [0.25, 0.3) is 44.5 Å². The Morgan fingerprint density at radius 2 is 0.425 bits per heavy atom. The third-order valence-electron chi connectivity index (χ3n) is 15.6. The molecule has 10 aromatic carbocycles. The Morgan fingerprint density at radius 1 is 0.237 bits per heavy atom. The van der Waals surface area contributed by atoms with Crippen LogP contribution in [-0.4, -0.2) is 41.2 Å². The van der Waals surface area contributed by atoms with E-state index in [2.05, 4.69) is 289 Å². The van der Waals surface area contributed by atoms with Gasteiger partial charge in [0.25, 0.3) is 0 Å². The molecule has 8 heteroatoms. The second-order valence-electron chi connectivity index (χ2n) is 21.9. The molecule has 1 fully saturated rings. The van der Waals surface area contributed by atoms with Crippen LogP contribution in [0.4, 0.5) is 0 Å². The van der Waals surface area contributed by atoms with E-state index in [1.807, 2.05) is 0 Å². The molecule has 0 atom stereocenters. The van der Waals surface area contributed by atoms with E-state index >= 15 is 0 Å². The summed E-state index contributed by atoms with van der Waals surface area (Å²) < 4.78 is 37.4. The van der Waals surface area contributed by atoms with Crippen LogP contribution in [-0.2, 0) is 11.4 Å². The molecule has 0 aliphatic carbocycles. The third-order valence-corrected chi connectivity index (χ3v) is 41.0. The average molecular weight is 1300 g/mol. The van der Waals surface area contributed by atoms with Crippen LogP contribution in [0.2, 0.25) is 0 Å². The first-order chi connectivity index (χ1) is 38.6. The quantitative estimate of drug-likeness (QED) is 0.101. The van der Waals surface area contributed by atoms with Gasteiger partial charge in [-0.3, -0.25) is 0 Å². The molecule has 1 aliphatic heterocycles. The molecule has 11 rings (SSSR count). The standard InChI is InChI=1S/2C24H25.2C12H11O2P.2Sn/c2*1-15-10-17(3)23(18(4)11-15)21-8-7-9-22(14-21)24-19(5)12-16(2)13-20(24)6;2*13-15(14,11-7-3-1-4-8-11)12-9-5-2-6-10-12;;/h2*7-13H,1-6H3;2*1-10H,(H,13,14);;/q;;;;2*+2/p-2. The van der Waals surface area contributed by atoms with Gasteiger partial charge in [0.2, 0.25) is 0 Å². The van der Waals surface area contributed by atoms with Gasteiger partial charge in [-0.05, 0) is 0 Å². The summed E-state index contributed by atoms with van der Waals surface area (Å²) in [6.07, 6.45) is 0. The number of benzene rings is 10. The summed E-state index contributed by atoms with van der Waals surface area (Å²) in [6.45, 7) is 26.8. The van der Waals surface area contributed by atoms with E-state index in [0.717, 1.165) is 50.6 Å². The second-order valence-corrected chi connectivity index (χ2v) is 39.3. The summed E-state index contributed by atoms with van der Waals surface area (Å²) in [5.74, 6) is 0. The Kier molecular flexibility index (Phi) is 16.5. The molecule has 0 amide bonds. The van der Waals surface area contributed by atoms with E-state index in [1.54, 1.807) is 0 Å². The molecule has 398 valence electrons. The van der Waals surface area contributed by atoms with Gasteiger partial charge in [-0.15, -0.1) is 0 Å². The predicted molar refractivity (Wildman–Crippen MR) is 345 cm³/mol. The SMILES string of the molecule is Cc1cc(C)c(-c2cccc(-c3c(C)cc(C)cc3C)[c]2[Sn]2[O][P+](c3ccccc3)(c3ccccc3)[O][Sn]([c]3c(-c4c(C)cc(C)cc4C)cccc3-c3c(C)cc(C)cc3C)[O][P+](c3ccccc3)(c3ccccc3)[O]2)c(C)c1. The van der Waals surface area contributed by atoms with E-state index in [1.165, 1.54) is 89.0 Å². The van der Waals surface area contributed by atoms with Crippen LogP contribution in [0.3, 0.4) is 0 Å². The first kappa shape index (κ1) is 56.4. The molecule has 0 aromatic heterocycles. The summed E-state index contributed by atoms with van der Waals surface area (Å²) in [5.41, 5.74) is 24.0. The second kappa shape index (κ2) is 23.4. The fraction of sp³-hybridized carbons (Fsp3) is 0.167. The van der Waals surface area contributed by atoms with E-state index in [0.29, 0.717) is 0 Å². The zero-order chi connectivity index (χ0) is 56.0. The van der Waals surface area contributed by atoms with Crippen molar-refractivity contribution in [3.05, 3.63) is 273 Å². The maximum atomic E-state index is 8.80. The van der Waals surface area contributed by atoms with Gasteiger partial charge in [0.1, 0.15) is 0 Å². The molecular formula is C72H70O4P2Sn2+2. The van der Waals surface area contributed by atoms with E-state index in [4.69, 9.17) is 11.4 Å². The monoisotopic (exact) mass is 1300 g/mol. The Bertz CT molecular complexity index is 3340. The first-order valence-electron chi connectivity index (χ1n) is 27.7. The fourth-order valence-corrected chi connectivity index (χ4v) is 47.9. The molecule has 1 saturated heterocycles. The molecular weight excluding hydrogens is 1230 g/mol. The van der Waals surface area contributed by atoms with Crippen molar-refractivity contribution < 1.29 is 11.4 Å². The number of aryl methyl sites for hydroxylation is 12. The van der Waals surface area contributed by atoms with Crippen molar-refractivity contribution in [1.82, 2.24) is 0 Å². The molecule has 80 heavy (non-hydrogen) atoms. The minimum atomic E-state index is -4.43. The molecule has 4 nitrogen and oxygen atoms in total. The summed E-state index contributed by atoms with van der Waals surface area (Å²) in [6, 6.07) is 75.6. The number of hydrogen-bond donors (Lipinski definition) is 0. The first-order valence-corrected chi connectivity index (χ1v) is 38.5. The van der Waals surface area contributed by atoms with Crippen molar-refractivity contribution in [1.29, 1.82) is 0 Å². The van der Waals surface area contributed by atoms with Crippen LogP contribution in [0.15, 0.2) is 206 Å². The van der Waals surface area contributed by atoms with Gasteiger partial charge >= 0.3 is 497 Å². The van der Waals surface area contributed by atoms with Gasteiger partial charge in [-0.2, -0.15) is 0 Å². The Balaban J connectivity index is 1.33. The molecule has 0 bridgehead atoms. The Labute approximate surface area is 492 Å². The summed E-state index contributed by atoms with van der Waals surface area (Å²) >= 11 is -8.86. The molecule has 0 spiro atoms. The average Bonchev–Trinajstić information content (AvgIpc) is 3.61. The molecule has 2 radical (unpaired) electrons. The summed E-state index contributed by atoms with van der Waals surface area (Å²) in [7, 11) is -6.96. The van der Waals surface area contributed by atoms with Crippen molar-refractivity contribution in [2.24, 2.45) is 0 Å². The van der Waals surface area contributed by atoms with Gasteiger partial charge in [-0.25, -0.2) is 0 Å². The van der Waals surface area contributed by atoms with Crippen LogP contribution >= 0.6 is 15.4 Å². The maximum absolute atomic E-state index is 8.80. The Morgan fingerprint density at radius 3 is 0.613 bits per heavy atom. The van der Waals surface area contributed by atoms with Crippen molar-refractivity contribution in [3.8, 4) is 44.5 Å². The zero-order valence-corrected chi connectivity index (χ0v) is 55.7. The van der Waals surface area contributed by atoms with Crippen LogP contribution in [0.1, 0.15) is 66.8 Å². The predicted octanol–water partition coefficient (Wildman–Crippen LogP) is 16.2. The molecule has 10 aromatic rings. The molecule has 0 N–H and O–H groups in total. The van der Waals surface area contributed by atoms with E-state index in [-0.39, 0.29) is 0 Å². The van der Waals surface area contributed by atoms with Crippen molar-refractivity contribution in [2.75, 3.05) is 0 Å². The number of rotatable bonds is 10. The topological polar surface area (TPSA) is 36.9 Å². The Hall–Kier alpha value is -5.50. The molecule has 0 unspecified atom stereocenters. The molecule has 1 aliphatic rings. The van der Waals surface area contributed by atoms with Crippen LogP contribution in [0.5, 0.6) is 0 Å². The summed E-state index contributed by atoms with van der Waals surface area (Å²) in [5, 5.41) is 3.98. The zero-order valence-electron chi connectivity index (χ0n) is 48.2. The minimum absolute atomic E-state index is 0.994. The molecule has 1 heterocycles. The van der Waals surface area contributed by atoms with Crippen molar-refractivity contribution in [2.45, 2.75) is 83.1 Å². The van der Waals surface area contributed by atoms with E-state index < -0.39 is 56.6 Å². The fourth-order valence-electron chi connectivity index (χ4n) is 12.7. The van der Waals surface area contributed by atoms with Gasteiger partial charge in [-0.1, -0.05) is 0 Å². The van der Waals surface area contributed by atoms with Gasteiger partial charge in [0.15, 0.2) is 0 Å². The van der Waals surface area contributed by atoms with E-state index in [9.17, 15) is 0 Å². The van der Waals surface area contributed by atoms with Crippen molar-refractivity contribution in [3.63, 3.8) is 0 Å². The normalized spacial score (nSPS) is 14.7. The van der Waals surface area contributed by atoms with Gasteiger partial charge < -0.3 is 0 Å². The van der Waals surface area contributed by atoms with Crippen molar-refractivity contribution >= 4 is 85.0 Å². The van der Waals surface area contributed by atoms with Crippen LogP contribution in [0, 0.1) is 83.1 Å². The van der Waals surface area contributed by atoms with Crippen LogP contribution < -0.4 is 28.4 Å². The van der Waals surface area contributed by atoms with Gasteiger partial charge in [0.05, 0.1) is 0 Å². The third kappa shape index (κ3) is 10.7. The molecule has 0 saturated carbocycles. The summed E-state index contributed by atoms with van der Waals surface area (Å²) in [4.78, 5) is 0. The van der Waals surface area contributed by atoms with Gasteiger partial charge in [0, 0.05) is 0 Å². The number of hydrogen-bond acceptors (Lipinski definition) is 4.